The second-order valence-corrected chi connectivity index (χ2v) is 3.76. The van der Waals surface area contributed by atoms with Gasteiger partial charge in [0, 0.05) is 12.2 Å². The average Bonchev–Trinajstić information content (AvgIpc) is 2.43. The second kappa shape index (κ2) is 4.30. The van der Waals surface area contributed by atoms with Gasteiger partial charge >= 0.3 is 0 Å². The summed E-state index contributed by atoms with van der Waals surface area (Å²) >= 11 is 0. The molecule has 0 radical (unpaired) electrons. The largest absolute Gasteiger partial charge is 0.318 e. The van der Waals surface area contributed by atoms with Crippen molar-refractivity contribution in [3.8, 4) is 11.8 Å². The molecule has 3 nitrogen and oxygen atoms in total. The van der Waals surface area contributed by atoms with Gasteiger partial charge in [0.15, 0.2) is 0 Å². The van der Waals surface area contributed by atoms with Gasteiger partial charge in [0.05, 0.1) is 17.3 Å². The molecule has 3 heteroatoms. The molecule has 0 fully saturated rings. The van der Waals surface area contributed by atoms with E-state index >= 15 is 0 Å². The van der Waals surface area contributed by atoms with Crippen molar-refractivity contribution in [2.24, 2.45) is 5.73 Å². The topological polar surface area (TPSA) is 43.8 Å². The number of nitrogens with zero attached hydrogens (tertiary/aromatic N) is 2. The third kappa shape index (κ3) is 2.61. The molecule has 0 bridgehead atoms. The average molecular weight is 191 g/mol. The van der Waals surface area contributed by atoms with Crippen LogP contribution in [-0.4, -0.2) is 15.8 Å². The first-order chi connectivity index (χ1) is 6.50. The third-order valence-corrected chi connectivity index (χ3v) is 1.88. The molecule has 0 aliphatic carbocycles. The fraction of sp³-hybridized carbons (Fsp3) is 0.545. The quantitative estimate of drug-likeness (QED) is 0.683. The van der Waals surface area contributed by atoms with Gasteiger partial charge in [-0.15, -0.1) is 0 Å². The highest BCUT2D eigenvalue weighted by Crippen LogP contribution is 2.08. The van der Waals surface area contributed by atoms with E-state index in [0.29, 0.717) is 6.04 Å². The number of hydrogen-bond acceptors (Lipinski definition) is 2. The number of aromatic nitrogens is 2. The van der Waals surface area contributed by atoms with Crippen LogP contribution in [-0.2, 0) is 0 Å². The number of rotatable bonds is 1. The van der Waals surface area contributed by atoms with Crippen LogP contribution in [0.2, 0.25) is 0 Å². The SMILES string of the molecule is Cc1nn(C(C)C)cc1C#CC(C)N. The van der Waals surface area contributed by atoms with Crippen LogP contribution in [0.4, 0.5) is 0 Å². The van der Waals surface area contributed by atoms with Crippen molar-refractivity contribution in [1.29, 1.82) is 0 Å². The van der Waals surface area contributed by atoms with Crippen molar-refractivity contribution in [1.82, 2.24) is 9.78 Å². The van der Waals surface area contributed by atoms with Crippen molar-refractivity contribution >= 4 is 0 Å². The molecule has 0 saturated carbocycles. The lowest BCUT2D eigenvalue weighted by Gasteiger charge is -2.02. The Morgan fingerprint density at radius 2 is 2.07 bits per heavy atom. The summed E-state index contributed by atoms with van der Waals surface area (Å²) in [6, 6.07) is 0.288. The summed E-state index contributed by atoms with van der Waals surface area (Å²) < 4.78 is 1.92. The van der Waals surface area contributed by atoms with Gasteiger partial charge in [0.2, 0.25) is 0 Å². The van der Waals surface area contributed by atoms with E-state index in [1.54, 1.807) is 0 Å². The van der Waals surface area contributed by atoms with E-state index in [-0.39, 0.29) is 6.04 Å². The molecule has 1 atom stereocenters. The standard InChI is InChI=1S/C11H17N3/c1-8(2)14-7-11(10(4)13-14)6-5-9(3)12/h7-9H,12H2,1-4H3. The van der Waals surface area contributed by atoms with Gasteiger partial charge in [0.25, 0.3) is 0 Å². The Morgan fingerprint density at radius 1 is 1.43 bits per heavy atom. The summed E-state index contributed by atoms with van der Waals surface area (Å²) in [7, 11) is 0. The molecule has 1 heterocycles. The van der Waals surface area contributed by atoms with Gasteiger partial charge in [-0.3, -0.25) is 4.68 Å². The maximum atomic E-state index is 5.56. The summed E-state index contributed by atoms with van der Waals surface area (Å²) in [5, 5.41) is 4.36. The van der Waals surface area contributed by atoms with Gasteiger partial charge in [-0.2, -0.15) is 5.10 Å². The fourth-order valence-electron chi connectivity index (χ4n) is 1.06. The van der Waals surface area contributed by atoms with Gasteiger partial charge in [0.1, 0.15) is 0 Å². The minimum absolute atomic E-state index is 0.0863. The van der Waals surface area contributed by atoms with Crippen LogP contribution in [0.25, 0.3) is 0 Å². The van der Waals surface area contributed by atoms with Gasteiger partial charge < -0.3 is 5.73 Å². The lowest BCUT2D eigenvalue weighted by atomic mass is 10.2. The molecule has 0 saturated heterocycles. The van der Waals surface area contributed by atoms with Crippen LogP contribution in [0.5, 0.6) is 0 Å². The van der Waals surface area contributed by atoms with E-state index in [9.17, 15) is 0 Å². The minimum atomic E-state index is -0.0863. The van der Waals surface area contributed by atoms with Crippen molar-refractivity contribution < 1.29 is 0 Å². The van der Waals surface area contributed by atoms with Crippen LogP contribution in [0.3, 0.4) is 0 Å². The second-order valence-electron chi connectivity index (χ2n) is 3.76. The van der Waals surface area contributed by atoms with Crippen molar-refractivity contribution in [3.63, 3.8) is 0 Å². The minimum Gasteiger partial charge on any atom is -0.318 e. The van der Waals surface area contributed by atoms with E-state index < -0.39 is 0 Å². The Balaban J connectivity index is 2.95. The highest BCUT2D eigenvalue weighted by atomic mass is 15.3. The first kappa shape index (κ1) is 10.8. The molecule has 1 rings (SSSR count). The Morgan fingerprint density at radius 3 is 2.50 bits per heavy atom. The van der Waals surface area contributed by atoms with Crippen molar-refractivity contribution in [2.45, 2.75) is 39.8 Å². The van der Waals surface area contributed by atoms with Crippen molar-refractivity contribution in [2.75, 3.05) is 0 Å². The number of hydrogen-bond donors (Lipinski definition) is 1. The molecule has 0 aliphatic rings. The predicted octanol–water partition coefficient (Wildman–Crippen LogP) is 1.47. The van der Waals surface area contributed by atoms with E-state index in [0.717, 1.165) is 11.3 Å². The molecular formula is C11H17N3. The molecule has 0 amide bonds. The molecule has 76 valence electrons. The molecule has 0 aromatic carbocycles. The summed E-state index contributed by atoms with van der Waals surface area (Å²) in [6.45, 7) is 8.02. The number of aryl methyl sites for hydroxylation is 1. The smallest absolute Gasteiger partial charge is 0.0750 e. The lowest BCUT2D eigenvalue weighted by molar-refractivity contribution is 0.529. The Bertz CT molecular complexity index is 364. The number of nitrogens with two attached hydrogens (primary N) is 1. The van der Waals surface area contributed by atoms with Crippen LogP contribution in [0.1, 0.15) is 38.1 Å². The molecule has 0 spiro atoms. The Kier molecular flexibility index (Phi) is 3.32. The highest BCUT2D eigenvalue weighted by Gasteiger charge is 2.04. The van der Waals surface area contributed by atoms with Crippen LogP contribution >= 0.6 is 0 Å². The zero-order valence-corrected chi connectivity index (χ0v) is 9.20. The van der Waals surface area contributed by atoms with Gasteiger partial charge in [-0.05, 0) is 27.7 Å². The summed E-state index contributed by atoms with van der Waals surface area (Å²) in [5.74, 6) is 5.96. The van der Waals surface area contributed by atoms with Crippen LogP contribution < -0.4 is 5.73 Å². The predicted molar refractivity (Wildman–Crippen MR) is 57.9 cm³/mol. The van der Waals surface area contributed by atoms with E-state index in [4.69, 9.17) is 5.73 Å². The monoisotopic (exact) mass is 191 g/mol. The summed E-state index contributed by atoms with van der Waals surface area (Å²) in [6.07, 6.45) is 1.97. The Labute approximate surface area is 85.3 Å². The van der Waals surface area contributed by atoms with Crippen LogP contribution in [0, 0.1) is 18.8 Å². The zero-order valence-electron chi connectivity index (χ0n) is 9.20. The highest BCUT2D eigenvalue weighted by molar-refractivity contribution is 5.36. The molecule has 14 heavy (non-hydrogen) atoms. The first-order valence-corrected chi connectivity index (χ1v) is 4.83. The zero-order chi connectivity index (χ0) is 10.7. The summed E-state index contributed by atoms with van der Waals surface area (Å²) in [5.41, 5.74) is 7.49. The maximum absolute atomic E-state index is 5.56. The van der Waals surface area contributed by atoms with Gasteiger partial charge in [-0.1, -0.05) is 11.8 Å². The third-order valence-electron chi connectivity index (χ3n) is 1.88. The van der Waals surface area contributed by atoms with E-state index in [2.05, 4.69) is 30.8 Å². The fourth-order valence-corrected chi connectivity index (χ4v) is 1.06. The van der Waals surface area contributed by atoms with E-state index in [1.165, 1.54) is 0 Å². The molecule has 1 aromatic rings. The molecular weight excluding hydrogens is 174 g/mol. The molecule has 1 unspecified atom stereocenters. The normalized spacial score (nSPS) is 12.4. The Hall–Kier alpha value is -1.27. The maximum Gasteiger partial charge on any atom is 0.0750 e. The first-order valence-electron chi connectivity index (χ1n) is 4.83. The molecule has 2 N–H and O–H groups in total. The molecule has 0 aliphatic heterocycles. The van der Waals surface area contributed by atoms with Crippen molar-refractivity contribution in [3.05, 3.63) is 17.5 Å². The summed E-state index contributed by atoms with van der Waals surface area (Å²) in [4.78, 5) is 0. The van der Waals surface area contributed by atoms with E-state index in [1.807, 2.05) is 24.7 Å². The van der Waals surface area contributed by atoms with Crippen LogP contribution in [0.15, 0.2) is 6.20 Å². The lowest BCUT2D eigenvalue weighted by Crippen LogP contribution is -2.10. The van der Waals surface area contributed by atoms with Gasteiger partial charge in [-0.25, -0.2) is 0 Å². The molecule has 1 aromatic heterocycles.